The number of anilines is 1. The van der Waals surface area contributed by atoms with Crippen molar-refractivity contribution in [1.29, 1.82) is 0 Å². The number of morpholine rings is 1. The normalized spacial score (nSPS) is 14.5. The van der Waals surface area contributed by atoms with E-state index in [1.807, 2.05) is 29.8 Å². The molecule has 0 spiro atoms. The number of carbonyl (C=O) groups is 1. The summed E-state index contributed by atoms with van der Waals surface area (Å²) in [5, 5.41) is 3.10. The second kappa shape index (κ2) is 8.70. The van der Waals surface area contributed by atoms with Crippen molar-refractivity contribution in [2.75, 3.05) is 38.3 Å². The molecule has 1 fully saturated rings. The molecule has 148 valence electrons. The van der Waals surface area contributed by atoms with Gasteiger partial charge >= 0.3 is 6.01 Å². The third-order valence-electron chi connectivity index (χ3n) is 4.93. The van der Waals surface area contributed by atoms with Gasteiger partial charge in [0.2, 0.25) is 5.91 Å². The molecule has 8 heteroatoms. The zero-order chi connectivity index (χ0) is 19.3. The van der Waals surface area contributed by atoms with E-state index in [0.717, 1.165) is 67.3 Å². The summed E-state index contributed by atoms with van der Waals surface area (Å²) in [6, 6.07) is 6.38. The molecule has 0 atom stereocenters. The number of unbranched alkanes of at least 4 members (excludes halogenated alkanes) is 1. The number of ether oxygens (including phenoxy) is 2. The van der Waals surface area contributed by atoms with Crippen molar-refractivity contribution in [2.45, 2.75) is 25.7 Å². The van der Waals surface area contributed by atoms with Crippen LogP contribution < -0.4 is 9.64 Å². The summed E-state index contributed by atoms with van der Waals surface area (Å²) in [6.45, 7) is 3.14. The highest BCUT2D eigenvalue weighted by molar-refractivity contribution is 7.09. The molecule has 0 amide bonds. The van der Waals surface area contributed by atoms with E-state index in [1.165, 1.54) is 0 Å². The molecule has 0 unspecified atom stereocenters. The molecule has 28 heavy (non-hydrogen) atoms. The number of imidazole rings is 1. The van der Waals surface area contributed by atoms with Crippen LogP contribution in [0.2, 0.25) is 0 Å². The molecule has 7 nitrogen and oxygen atoms in total. The van der Waals surface area contributed by atoms with Gasteiger partial charge in [-0.3, -0.25) is 4.79 Å². The maximum Gasteiger partial charge on any atom is 0.304 e. The van der Waals surface area contributed by atoms with Crippen LogP contribution in [0.25, 0.3) is 11.0 Å². The topological polar surface area (TPSA) is 69.5 Å². The van der Waals surface area contributed by atoms with Crippen molar-refractivity contribution in [3.8, 4) is 6.01 Å². The number of hydrogen-bond donors (Lipinski definition) is 0. The Morgan fingerprint density at radius 2 is 2.14 bits per heavy atom. The van der Waals surface area contributed by atoms with Crippen molar-refractivity contribution in [1.82, 2.24) is 14.5 Å². The molecule has 2 aromatic heterocycles. The Morgan fingerprint density at radius 1 is 1.29 bits per heavy atom. The number of nitrogens with zero attached hydrogens (tertiary/aromatic N) is 4. The first kappa shape index (κ1) is 18.9. The van der Waals surface area contributed by atoms with E-state index in [-0.39, 0.29) is 5.91 Å². The number of methoxy groups -OCH3 is 1. The van der Waals surface area contributed by atoms with E-state index in [1.54, 1.807) is 23.0 Å². The number of thiazole rings is 1. The summed E-state index contributed by atoms with van der Waals surface area (Å²) in [5.41, 5.74) is 2.65. The summed E-state index contributed by atoms with van der Waals surface area (Å²) in [4.78, 5) is 24.0. The van der Waals surface area contributed by atoms with Crippen LogP contribution in [0.15, 0.2) is 29.8 Å². The molecule has 1 aliphatic rings. The second-order valence-corrected chi connectivity index (χ2v) is 7.71. The molecule has 3 aromatic rings. The van der Waals surface area contributed by atoms with Crippen LogP contribution in [-0.2, 0) is 11.2 Å². The fourth-order valence-electron chi connectivity index (χ4n) is 3.48. The standard InChI is InChI=1S/C20H24N4O3S/c1-26-20-22-16-7-6-15(23-9-11-27-12-10-23)14-17(16)24(20)19(25)5-3-2-4-18-21-8-13-28-18/h6-8,13-14H,2-5,9-12H2,1H3. The largest absolute Gasteiger partial charge is 0.468 e. The Morgan fingerprint density at radius 3 is 2.89 bits per heavy atom. The summed E-state index contributed by atoms with van der Waals surface area (Å²) in [5.74, 6) is 0.0117. The average molecular weight is 401 g/mol. The first-order valence-corrected chi connectivity index (χ1v) is 10.4. The lowest BCUT2D eigenvalue weighted by molar-refractivity contribution is 0.0893. The third-order valence-corrected chi connectivity index (χ3v) is 5.77. The van der Waals surface area contributed by atoms with Crippen LogP contribution in [0.3, 0.4) is 0 Å². The first-order chi connectivity index (χ1) is 13.8. The molecule has 0 saturated carbocycles. The van der Waals surface area contributed by atoms with Crippen molar-refractivity contribution >= 4 is 34.0 Å². The molecule has 0 N–H and O–H groups in total. The van der Waals surface area contributed by atoms with Crippen LogP contribution in [-0.4, -0.2) is 53.9 Å². The lowest BCUT2D eigenvalue weighted by Gasteiger charge is -2.28. The quantitative estimate of drug-likeness (QED) is 0.566. The summed E-state index contributed by atoms with van der Waals surface area (Å²) in [6.07, 6.45) is 4.93. The molecule has 1 aliphatic heterocycles. The highest BCUT2D eigenvalue weighted by Gasteiger charge is 2.19. The predicted molar refractivity (Wildman–Crippen MR) is 110 cm³/mol. The molecule has 0 aliphatic carbocycles. The van der Waals surface area contributed by atoms with Crippen LogP contribution in [0, 0.1) is 0 Å². The van der Waals surface area contributed by atoms with Gasteiger partial charge in [-0.1, -0.05) is 0 Å². The average Bonchev–Trinajstić information content (AvgIpc) is 3.38. The van der Waals surface area contributed by atoms with Gasteiger partial charge in [0, 0.05) is 36.8 Å². The number of hydrogen-bond acceptors (Lipinski definition) is 7. The minimum atomic E-state index is 0.0117. The first-order valence-electron chi connectivity index (χ1n) is 9.57. The number of rotatable bonds is 7. The van der Waals surface area contributed by atoms with Gasteiger partial charge < -0.3 is 14.4 Å². The maximum atomic E-state index is 12.9. The van der Waals surface area contributed by atoms with Crippen molar-refractivity contribution in [3.05, 3.63) is 34.8 Å². The monoisotopic (exact) mass is 400 g/mol. The Hall–Kier alpha value is -2.45. The molecule has 3 heterocycles. The van der Waals surface area contributed by atoms with E-state index >= 15 is 0 Å². The third kappa shape index (κ3) is 4.02. The Balaban J connectivity index is 1.51. The van der Waals surface area contributed by atoms with Gasteiger partial charge in [-0.05, 0) is 37.5 Å². The van der Waals surface area contributed by atoms with E-state index in [9.17, 15) is 4.79 Å². The molecule has 1 aromatic carbocycles. The van der Waals surface area contributed by atoms with Crippen molar-refractivity contribution in [2.24, 2.45) is 0 Å². The van der Waals surface area contributed by atoms with E-state index in [4.69, 9.17) is 9.47 Å². The number of carbonyl (C=O) groups excluding carboxylic acids is 1. The van der Waals surface area contributed by atoms with Crippen LogP contribution >= 0.6 is 11.3 Å². The fourth-order valence-corrected chi connectivity index (χ4v) is 4.14. The van der Waals surface area contributed by atoms with E-state index in [0.29, 0.717) is 12.4 Å². The van der Waals surface area contributed by atoms with Crippen molar-refractivity contribution < 1.29 is 14.3 Å². The van der Waals surface area contributed by atoms with Gasteiger partial charge in [0.1, 0.15) is 0 Å². The van der Waals surface area contributed by atoms with Gasteiger partial charge in [-0.2, -0.15) is 4.98 Å². The lowest BCUT2D eigenvalue weighted by Crippen LogP contribution is -2.36. The Labute approximate surface area is 167 Å². The fraction of sp³-hybridized carbons (Fsp3) is 0.450. The predicted octanol–water partition coefficient (Wildman–Crippen LogP) is 3.39. The van der Waals surface area contributed by atoms with Gasteiger partial charge in [0.15, 0.2) is 0 Å². The summed E-state index contributed by atoms with van der Waals surface area (Å²) >= 11 is 1.66. The number of benzene rings is 1. The highest BCUT2D eigenvalue weighted by atomic mass is 32.1. The van der Waals surface area contributed by atoms with Crippen molar-refractivity contribution in [3.63, 3.8) is 0 Å². The molecule has 1 saturated heterocycles. The van der Waals surface area contributed by atoms with Crippen LogP contribution in [0.1, 0.15) is 29.1 Å². The van der Waals surface area contributed by atoms with Crippen LogP contribution in [0.4, 0.5) is 5.69 Å². The SMILES string of the molecule is COc1nc2ccc(N3CCOCC3)cc2n1C(=O)CCCCc1nccs1. The zero-order valence-corrected chi connectivity index (χ0v) is 16.8. The number of aromatic nitrogens is 3. The van der Waals surface area contributed by atoms with Gasteiger partial charge in [0.25, 0.3) is 0 Å². The second-order valence-electron chi connectivity index (χ2n) is 6.73. The molecular weight excluding hydrogens is 376 g/mol. The molecule has 0 radical (unpaired) electrons. The van der Waals surface area contributed by atoms with Crippen LogP contribution in [0.5, 0.6) is 6.01 Å². The minimum absolute atomic E-state index is 0.0117. The van der Waals surface area contributed by atoms with Gasteiger partial charge in [-0.15, -0.1) is 11.3 Å². The smallest absolute Gasteiger partial charge is 0.304 e. The van der Waals surface area contributed by atoms with Gasteiger partial charge in [0.05, 0.1) is 36.4 Å². The Bertz CT molecular complexity index is 932. The summed E-state index contributed by atoms with van der Waals surface area (Å²) in [7, 11) is 1.55. The zero-order valence-electron chi connectivity index (χ0n) is 16.0. The van der Waals surface area contributed by atoms with Gasteiger partial charge in [-0.25, -0.2) is 9.55 Å². The molecule has 0 bridgehead atoms. The maximum absolute atomic E-state index is 12.9. The number of aryl methyl sites for hydroxylation is 1. The summed E-state index contributed by atoms with van der Waals surface area (Å²) < 4.78 is 12.4. The minimum Gasteiger partial charge on any atom is -0.468 e. The van der Waals surface area contributed by atoms with E-state index in [2.05, 4.69) is 14.9 Å². The highest BCUT2D eigenvalue weighted by Crippen LogP contribution is 2.27. The molecule has 4 rings (SSSR count). The van der Waals surface area contributed by atoms with E-state index < -0.39 is 0 Å². The Kier molecular flexibility index (Phi) is 5.87. The number of fused-ring (bicyclic) bond motifs is 1. The molecular formula is C20H24N4O3S. The lowest BCUT2D eigenvalue weighted by atomic mass is 10.2.